The van der Waals surface area contributed by atoms with Gasteiger partial charge in [0.15, 0.2) is 5.69 Å². The summed E-state index contributed by atoms with van der Waals surface area (Å²) in [5, 5.41) is 3.17. The normalized spacial score (nSPS) is 11.7. The van der Waals surface area contributed by atoms with Crippen LogP contribution in [0.5, 0.6) is 0 Å². The number of imidazole rings is 1. The van der Waals surface area contributed by atoms with Gasteiger partial charge in [-0.15, -0.1) is 0 Å². The number of fused-ring (bicyclic) bond motifs is 5. The first-order valence-corrected chi connectivity index (χ1v) is 10.8. The molecule has 0 fully saturated rings. The van der Waals surface area contributed by atoms with E-state index in [1.807, 2.05) is 18.2 Å². The molecule has 3 nitrogen and oxygen atoms in total. The van der Waals surface area contributed by atoms with E-state index in [4.69, 9.17) is 11.6 Å². The van der Waals surface area contributed by atoms with E-state index in [-0.39, 0.29) is 0 Å². The summed E-state index contributed by atoms with van der Waals surface area (Å²) >= 11 is 9.81. The third kappa shape index (κ3) is 2.68. The Morgan fingerprint density at radius 2 is 1.70 bits per heavy atom. The number of nitrogens with one attached hydrogen (secondary N) is 1. The van der Waals surface area contributed by atoms with E-state index >= 15 is 0 Å². The van der Waals surface area contributed by atoms with E-state index in [2.05, 4.69) is 103 Å². The topological polar surface area (TPSA) is 24.8 Å². The molecule has 0 atom stereocenters. The van der Waals surface area contributed by atoms with E-state index in [0.717, 1.165) is 43.0 Å². The van der Waals surface area contributed by atoms with Crippen LogP contribution in [-0.2, 0) is 0 Å². The summed E-state index contributed by atoms with van der Waals surface area (Å²) in [6.07, 6.45) is 4.26. The minimum absolute atomic E-state index is 0.729. The van der Waals surface area contributed by atoms with Crippen LogP contribution in [0.15, 0.2) is 95.9 Å². The van der Waals surface area contributed by atoms with Crippen LogP contribution in [0.1, 0.15) is 0 Å². The van der Waals surface area contributed by atoms with E-state index < -0.39 is 0 Å². The molecule has 3 heterocycles. The van der Waals surface area contributed by atoms with Gasteiger partial charge in [0.1, 0.15) is 5.69 Å². The SMILES string of the molecule is Clc1ccc(-c2c3c4[nH]c5ccccc5c4cc[n+]3cn2-c2cccc(Br)c2)cc1. The van der Waals surface area contributed by atoms with E-state index in [9.17, 15) is 0 Å². The highest BCUT2D eigenvalue weighted by molar-refractivity contribution is 9.10. The molecule has 0 aliphatic carbocycles. The van der Waals surface area contributed by atoms with Gasteiger partial charge in [0, 0.05) is 31.3 Å². The molecule has 0 amide bonds. The number of aromatic nitrogens is 3. The summed E-state index contributed by atoms with van der Waals surface area (Å²) in [6, 6.07) is 27.0. The van der Waals surface area contributed by atoms with Gasteiger partial charge in [-0.3, -0.25) is 0 Å². The maximum Gasteiger partial charge on any atom is 0.254 e. The zero-order valence-electron chi connectivity index (χ0n) is 15.8. The molecule has 0 bridgehead atoms. The van der Waals surface area contributed by atoms with Crippen molar-refractivity contribution in [2.24, 2.45) is 0 Å². The van der Waals surface area contributed by atoms with Crippen LogP contribution in [0.3, 0.4) is 0 Å². The minimum Gasteiger partial charge on any atom is -0.351 e. The molecule has 0 unspecified atom stereocenters. The van der Waals surface area contributed by atoms with Crippen LogP contribution >= 0.6 is 27.5 Å². The lowest BCUT2D eigenvalue weighted by Gasteiger charge is -2.03. The van der Waals surface area contributed by atoms with E-state index in [1.165, 1.54) is 10.8 Å². The quantitative estimate of drug-likeness (QED) is 0.264. The number of hydrogen-bond donors (Lipinski definition) is 1. The fraction of sp³-hybridized carbons (Fsp3) is 0. The molecule has 144 valence electrons. The van der Waals surface area contributed by atoms with Gasteiger partial charge in [-0.25, -0.2) is 0 Å². The first-order chi connectivity index (χ1) is 14.7. The molecule has 3 aromatic heterocycles. The van der Waals surface area contributed by atoms with Crippen molar-refractivity contribution < 1.29 is 4.40 Å². The van der Waals surface area contributed by atoms with Gasteiger partial charge in [0.05, 0.1) is 11.7 Å². The largest absolute Gasteiger partial charge is 0.351 e. The number of halogens is 2. The molecule has 6 rings (SSSR count). The Morgan fingerprint density at radius 1 is 0.867 bits per heavy atom. The van der Waals surface area contributed by atoms with E-state index in [0.29, 0.717) is 0 Å². The van der Waals surface area contributed by atoms with E-state index in [1.54, 1.807) is 0 Å². The van der Waals surface area contributed by atoms with Gasteiger partial charge in [-0.2, -0.15) is 8.97 Å². The lowest BCUT2D eigenvalue weighted by atomic mass is 10.1. The maximum atomic E-state index is 6.19. The highest BCUT2D eigenvalue weighted by atomic mass is 79.9. The monoisotopic (exact) mass is 472 g/mol. The summed E-state index contributed by atoms with van der Waals surface area (Å²) in [6.45, 7) is 0. The van der Waals surface area contributed by atoms with Crippen molar-refractivity contribution in [2.75, 3.05) is 0 Å². The van der Waals surface area contributed by atoms with Gasteiger partial charge >= 0.3 is 0 Å². The summed E-state index contributed by atoms with van der Waals surface area (Å²) in [5.74, 6) is 0. The molecule has 3 aromatic carbocycles. The van der Waals surface area contributed by atoms with Crippen molar-refractivity contribution >= 4 is 54.9 Å². The van der Waals surface area contributed by atoms with Crippen molar-refractivity contribution in [1.82, 2.24) is 9.55 Å². The number of hydrogen-bond acceptors (Lipinski definition) is 0. The Bertz CT molecular complexity index is 1560. The molecule has 0 saturated heterocycles. The van der Waals surface area contributed by atoms with Crippen LogP contribution in [0, 0.1) is 0 Å². The average Bonchev–Trinajstić information content (AvgIpc) is 3.33. The number of pyridine rings is 1. The third-order valence-electron chi connectivity index (χ3n) is 5.55. The Labute approximate surface area is 186 Å². The fourth-order valence-electron chi connectivity index (χ4n) is 4.22. The predicted octanol–water partition coefficient (Wildman–Crippen LogP) is 6.93. The third-order valence-corrected chi connectivity index (χ3v) is 6.30. The lowest BCUT2D eigenvalue weighted by molar-refractivity contribution is -0.510. The molecule has 0 spiro atoms. The lowest BCUT2D eigenvalue weighted by Crippen LogP contribution is -2.17. The number of rotatable bonds is 2. The molecular formula is C25H16BrClN3+. The smallest absolute Gasteiger partial charge is 0.254 e. The van der Waals surface area contributed by atoms with Crippen molar-refractivity contribution in [1.29, 1.82) is 0 Å². The highest BCUT2D eigenvalue weighted by Crippen LogP contribution is 2.34. The number of benzene rings is 3. The van der Waals surface area contributed by atoms with Gasteiger partial charge in [0.2, 0.25) is 5.52 Å². The molecule has 6 aromatic rings. The van der Waals surface area contributed by atoms with Gasteiger partial charge in [-0.05, 0) is 54.6 Å². The van der Waals surface area contributed by atoms with Gasteiger partial charge < -0.3 is 4.98 Å². The van der Waals surface area contributed by atoms with Gasteiger partial charge in [-0.1, -0.05) is 51.8 Å². The predicted molar refractivity (Wildman–Crippen MR) is 126 cm³/mol. The summed E-state index contributed by atoms with van der Waals surface area (Å²) in [5.41, 5.74) is 6.69. The number of nitrogens with zero attached hydrogens (tertiary/aromatic N) is 2. The van der Waals surface area contributed by atoms with Crippen molar-refractivity contribution in [2.45, 2.75) is 0 Å². The molecule has 0 saturated carbocycles. The number of para-hydroxylation sites is 1. The second-order valence-electron chi connectivity index (χ2n) is 7.35. The summed E-state index contributed by atoms with van der Waals surface area (Å²) in [7, 11) is 0. The Morgan fingerprint density at radius 3 is 2.53 bits per heavy atom. The van der Waals surface area contributed by atoms with Crippen LogP contribution in [0.25, 0.3) is 44.3 Å². The molecule has 0 aliphatic heterocycles. The zero-order chi connectivity index (χ0) is 20.2. The highest BCUT2D eigenvalue weighted by Gasteiger charge is 2.25. The Kier molecular flexibility index (Phi) is 3.98. The fourth-order valence-corrected chi connectivity index (χ4v) is 4.73. The number of aromatic amines is 1. The molecular weight excluding hydrogens is 458 g/mol. The van der Waals surface area contributed by atoms with Crippen LogP contribution in [0.2, 0.25) is 5.02 Å². The Hall–Kier alpha value is -3.08. The molecule has 1 N–H and O–H groups in total. The van der Waals surface area contributed by atoms with Crippen molar-refractivity contribution in [3.05, 3.63) is 101 Å². The summed E-state index contributed by atoms with van der Waals surface area (Å²) in [4.78, 5) is 3.65. The summed E-state index contributed by atoms with van der Waals surface area (Å²) < 4.78 is 5.46. The van der Waals surface area contributed by atoms with Gasteiger partial charge in [0.25, 0.3) is 6.33 Å². The molecule has 5 heteroatoms. The van der Waals surface area contributed by atoms with Crippen molar-refractivity contribution in [3.8, 4) is 16.9 Å². The molecule has 30 heavy (non-hydrogen) atoms. The number of H-pyrrole nitrogens is 1. The second kappa shape index (κ2) is 6.73. The van der Waals surface area contributed by atoms with Crippen LogP contribution in [0.4, 0.5) is 0 Å². The minimum atomic E-state index is 0.729. The second-order valence-corrected chi connectivity index (χ2v) is 8.70. The van der Waals surface area contributed by atoms with Crippen molar-refractivity contribution in [3.63, 3.8) is 0 Å². The Balaban J connectivity index is 1.79. The van der Waals surface area contributed by atoms with Crippen LogP contribution in [-0.4, -0.2) is 9.55 Å². The standard InChI is InChI=1S/C25H16BrClN3/c26-17-4-3-5-19(14-17)30-15-29-13-12-21-20-6-1-2-7-22(20)28-23(21)25(29)24(30)16-8-10-18(27)11-9-16/h1-15,28H/q+1. The molecule has 0 aliphatic rings. The molecule has 0 radical (unpaired) electrons. The first-order valence-electron chi connectivity index (χ1n) is 9.67. The first kappa shape index (κ1) is 17.8. The maximum absolute atomic E-state index is 6.19. The zero-order valence-corrected chi connectivity index (χ0v) is 18.2. The average molecular weight is 474 g/mol. The van der Waals surface area contributed by atoms with Crippen LogP contribution < -0.4 is 4.40 Å².